The Balaban J connectivity index is 1.41. The number of nitrogens with two attached hydrogens (primary N) is 2. The second kappa shape index (κ2) is 11.3. The minimum atomic E-state index is -0.0150. The number of amides is 1. The Morgan fingerprint density at radius 2 is 1.72 bits per heavy atom. The molecule has 1 aromatic carbocycles. The summed E-state index contributed by atoms with van der Waals surface area (Å²) >= 11 is 1.52. The van der Waals surface area contributed by atoms with Crippen molar-refractivity contribution in [2.45, 2.75) is 20.3 Å². The Hall–Kier alpha value is -4.09. The zero-order chi connectivity index (χ0) is 27.5. The first-order valence-corrected chi connectivity index (χ1v) is 13.9. The van der Waals surface area contributed by atoms with Crippen LogP contribution < -0.4 is 16.4 Å². The van der Waals surface area contributed by atoms with Crippen LogP contribution in [0.4, 0.5) is 22.5 Å². The van der Waals surface area contributed by atoms with E-state index in [0.717, 1.165) is 66.7 Å². The first kappa shape index (κ1) is 26.5. The van der Waals surface area contributed by atoms with Crippen LogP contribution in [-0.4, -0.2) is 75.4 Å². The van der Waals surface area contributed by atoms with E-state index in [0.29, 0.717) is 28.8 Å². The van der Waals surface area contributed by atoms with Gasteiger partial charge in [0.25, 0.3) is 5.91 Å². The number of piperazine rings is 1. The van der Waals surface area contributed by atoms with Crippen LogP contribution in [0.2, 0.25) is 0 Å². The number of hydrogen-bond donors (Lipinski definition) is 2. The van der Waals surface area contributed by atoms with Crippen LogP contribution in [0.25, 0.3) is 22.6 Å². The van der Waals surface area contributed by atoms with Gasteiger partial charge in [-0.3, -0.25) is 9.78 Å². The number of thiazole rings is 1. The van der Waals surface area contributed by atoms with Crippen LogP contribution in [0.15, 0.2) is 48.0 Å². The molecule has 10 nitrogen and oxygen atoms in total. The van der Waals surface area contributed by atoms with Gasteiger partial charge in [0, 0.05) is 61.6 Å². The molecule has 5 rings (SSSR count). The molecule has 4 heterocycles. The van der Waals surface area contributed by atoms with Crippen molar-refractivity contribution in [3.8, 4) is 22.6 Å². The number of carbonyl (C=O) groups is 1. The fraction of sp³-hybridized carbons (Fsp3) is 0.321. The maximum Gasteiger partial charge on any atom is 0.272 e. The van der Waals surface area contributed by atoms with Crippen molar-refractivity contribution < 1.29 is 4.79 Å². The van der Waals surface area contributed by atoms with E-state index in [1.807, 2.05) is 22.4 Å². The first-order valence-electron chi connectivity index (χ1n) is 13.0. The van der Waals surface area contributed by atoms with Crippen molar-refractivity contribution in [2.24, 2.45) is 0 Å². The zero-order valence-corrected chi connectivity index (χ0v) is 23.3. The van der Waals surface area contributed by atoms with E-state index in [4.69, 9.17) is 16.5 Å². The summed E-state index contributed by atoms with van der Waals surface area (Å²) in [5.74, 6) is 1.02. The van der Waals surface area contributed by atoms with Gasteiger partial charge in [-0.15, -0.1) is 11.3 Å². The van der Waals surface area contributed by atoms with Gasteiger partial charge in [-0.2, -0.15) is 0 Å². The van der Waals surface area contributed by atoms with Crippen LogP contribution >= 0.6 is 11.3 Å². The lowest BCUT2D eigenvalue weighted by Gasteiger charge is -2.32. The molecule has 4 N–H and O–H groups in total. The zero-order valence-electron chi connectivity index (χ0n) is 22.5. The summed E-state index contributed by atoms with van der Waals surface area (Å²) in [6.07, 6.45) is 2.72. The van der Waals surface area contributed by atoms with Crippen molar-refractivity contribution in [1.29, 1.82) is 0 Å². The van der Waals surface area contributed by atoms with Crippen LogP contribution in [0, 0.1) is 6.92 Å². The highest BCUT2D eigenvalue weighted by Gasteiger charge is 2.22. The fourth-order valence-corrected chi connectivity index (χ4v) is 5.42. The van der Waals surface area contributed by atoms with E-state index in [-0.39, 0.29) is 5.91 Å². The van der Waals surface area contributed by atoms with Gasteiger partial charge in [0.2, 0.25) is 0 Å². The number of aryl methyl sites for hydroxylation is 1. The van der Waals surface area contributed by atoms with E-state index >= 15 is 0 Å². The third-order valence-corrected chi connectivity index (χ3v) is 7.64. The van der Waals surface area contributed by atoms with Crippen LogP contribution in [-0.2, 0) is 0 Å². The number of pyridine rings is 1. The third-order valence-electron chi connectivity index (χ3n) is 6.77. The number of hydrogen-bond acceptors (Lipinski definition) is 10. The first-order chi connectivity index (χ1) is 18.8. The van der Waals surface area contributed by atoms with Crippen LogP contribution in [0.5, 0.6) is 0 Å². The summed E-state index contributed by atoms with van der Waals surface area (Å²) in [5.41, 5.74) is 17.0. The average Bonchev–Trinajstić information content (AvgIpc) is 3.42. The summed E-state index contributed by atoms with van der Waals surface area (Å²) in [6, 6.07) is 11.7. The van der Waals surface area contributed by atoms with Gasteiger partial charge in [0.1, 0.15) is 23.0 Å². The molecule has 1 fully saturated rings. The maximum absolute atomic E-state index is 12.9. The van der Waals surface area contributed by atoms with Gasteiger partial charge in [-0.1, -0.05) is 25.1 Å². The van der Waals surface area contributed by atoms with Crippen LogP contribution in [0.1, 0.15) is 29.4 Å². The minimum Gasteiger partial charge on any atom is -0.384 e. The number of rotatable bonds is 7. The number of anilines is 4. The Morgan fingerprint density at radius 3 is 2.38 bits per heavy atom. The SMILES string of the molecule is CCCN(c1nc(-c2nc(N)cc(N)n2)cs1)c1cc(-c2ccc(C(=O)N3CCN(C)CC3)nc2)ccc1C. The van der Waals surface area contributed by atoms with E-state index in [2.05, 4.69) is 63.8 Å². The molecule has 11 heteroatoms. The van der Waals surface area contributed by atoms with Crippen molar-refractivity contribution in [1.82, 2.24) is 29.7 Å². The average molecular weight is 544 g/mol. The molecule has 1 aliphatic heterocycles. The van der Waals surface area contributed by atoms with E-state index in [1.54, 1.807) is 6.20 Å². The molecule has 0 radical (unpaired) electrons. The molecule has 1 saturated heterocycles. The number of nitrogens with zero attached hydrogens (tertiary/aromatic N) is 7. The highest BCUT2D eigenvalue weighted by molar-refractivity contribution is 7.14. The number of nitrogen functional groups attached to an aromatic ring is 2. The summed E-state index contributed by atoms with van der Waals surface area (Å²) < 4.78 is 0. The summed E-state index contributed by atoms with van der Waals surface area (Å²) in [7, 11) is 2.07. The van der Waals surface area contributed by atoms with E-state index < -0.39 is 0 Å². The van der Waals surface area contributed by atoms with Gasteiger partial charge in [-0.05, 0) is 43.7 Å². The molecule has 3 aromatic heterocycles. The van der Waals surface area contributed by atoms with Crippen molar-refractivity contribution >= 4 is 39.7 Å². The highest BCUT2D eigenvalue weighted by Crippen LogP contribution is 2.36. The Morgan fingerprint density at radius 1 is 1.00 bits per heavy atom. The van der Waals surface area contributed by atoms with Gasteiger partial charge >= 0.3 is 0 Å². The summed E-state index contributed by atoms with van der Waals surface area (Å²) in [5, 5.41) is 2.76. The Bertz CT molecular complexity index is 1440. The van der Waals surface area contributed by atoms with Crippen molar-refractivity contribution in [3.63, 3.8) is 0 Å². The number of carbonyl (C=O) groups excluding carboxylic acids is 1. The number of likely N-dealkylation sites (N-methyl/N-ethyl adjacent to an activating group) is 1. The molecule has 0 aliphatic carbocycles. The molecule has 0 bridgehead atoms. The monoisotopic (exact) mass is 543 g/mol. The Kier molecular flexibility index (Phi) is 7.71. The highest BCUT2D eigenvalue weighted by atomic mass is 32.1. The van der Waals surface area contributed by atoms with Crippen molar-refractivity contribution in [3.05, 3.63) is 59.2 Å². The lowest BCUT2D eigenvalue weighted by atomic mass is 10.0. The standard InChI is InChI=1S/C28H33N9OS/c1-4-9-37(28-32-22(17-39-28)26-33-24(29)15-25(30)34-26)23-14-19(6-5-18(23)2)20-7-8-21(31-16-20)27(38)36-12-10-35(3)11-13-36/h5-8,14-17H,4,9-13H2,1-3H3,(H4,29,30,33,34). The molecule has 0 spiro atoms. The van der Waals surface area contributed by atoms with E-state index in [9.17, 15) is 4.79 Å². The fourth-order valence-electron chi connectivity index (χ4n) is 4.58. The normalized spacial score (nSPS) is 14.0. The Labute approximate surface area is 232 Å². The second-order valence-corrected chi connectivity index (χ2v) is 10.6. The largest absolute Gasteiger partial charge is 0.384 e. The predicted octanol–water partition coefficient (Wildman–Crippen LogP) is 4.07. The summed E-state index contributed by atoms with van der Waals surface area (Å²) in [4.78, 5) is 37.2. The van der Waals surface area contributed by atoms with Gasteiger partial charge in [-0.25, -0.2) is 15.0 Å². The molecular weight excluding hydrogens is 510 g/mol. The topological polar surface area (TPSA) is 130 Å². The van der Waals surface area contributed by atoms with Crippen LogP contribution in [0.3, 0.4) is 0 Å². The molecule has 0 unspecified atom stereocenters. The smallest absolute Gasteiger partial charge is 0.272 e. The molecule has 0 atom stereocenters. The lowest BCUT2D eigenvalue weighted by Crippen LogP contribution is -2.47. The third kappa shape index (κ3) is 5.84. The molecule has 1 aliphatic rings. The maximum atomic E-state index is 12.9. The second-order valence-electron chi connectivity index (χ2n) is 9.74. The predicted molar refractivity (Wildman–Crippen MR) is 157 cm³/mol. The van der Waals surface area contributed by atoms with Gasteiger partial charge < -0.3 is 26.2 Å². The van der Waals surface area contributed by atoms with Crippen molar-refractivity contribution in [2.75, 3.05) is 56.1 Å². The molecule has 1 amide bonds. The van der Waals surface area contributed by atoms with Gasteiger partial charge in [0.15, 0.2) is 11.0 Å². The lowest BCUT2D eigenvalue weighted by molar-refractivity contribution is 0.0658. The van der Waals surface area contributed by atoms with E-state index in [1.165, 1.54) is 17.4 Å². The number of benzene rings is 1. The quantitative estimate of drug-likeness (QED) is 0.354. The molecule has 202 valence electrons. The molecular formula is C28H33N9OS. The summed E-state index contributed by atoms with van der Waals surface area (Å²) in [6.45, 7) is 8.23. The molecule has 0 saturated carbocycles. The van der Waals surface area contributed by atoms with Gasteiger partial charge in [0.05, 0.1) is 0 Å². The minimum absolute atomic E-state index is 0.0150. The number of aromatic nitrogens is 4. The molecule has 39 heavy (non-hydrogen) atoms. The molecule has 4 aromatic rings.